The van der Waals surface area contributed by atoms with E-state index in [0.29, 0.717) is 24.5 Å². The number of rotatable bonds is 3. The van der Waals surface area contributed by atoms with E-state index in [1.807, 2.05) is 0 Å². The van der Waals surface area contributed by atoms with Crippen molar-refractivity contribution in [3.05, 3.63) is 0 Å². The fourth-order valence-electron chi connectivity index (χ4n) is 3.90. The van der Waals surface area contributed by atoms with E-state index in [4.69, 9.17) is 15.6 Å². The summed E-state index contributed by atoms with van der Waals surface area (Å²) in [6.45, 7) is 0.744. The molecule has 3 rings (SSSR count). The number of hydrogen-bond donors (Lipinski definition) is 3. The maximum atomic E-state index is 10.8. The van der Waals surface area contributed by atoms with Crippen LogP contribution in [0.5, 0.6) is 0 Å². The lowest BCUT2D eigenvalue weighted by Crippen LogP contribution is -2.35. The molecule has 0 aromatic rings. The zero-order valence-corrected chi connectivity index (χ0v) is 13.6. The van der Waals surface area contributed by atoms with Crippen molar-refractivity contribution >= 4 is 6.09 Å². The molecule has 1 amide bonds. The first kappa shape index (κ1) is 17.5. The third kappa shape index (κ3) is 5.43. The Morgan fingerprint density at radius 1 is 1.09 bits per heavy atom. The number of alkyl carbamates (subject to hydrolysis) is 1. The van der Waals surface area contributed by atoms with Crippen LogP contribution in [0.15, 0.2) is 0 Å². The van der Waals surface area contributed by atoms with E-state index >= 15 is 0 Å². The Hall–Kier alpha value is -0.810. The quantitative estimate of drug-likeness (QED) is 0.748. The van der Waals surface area contributed by atoms with Gasteiger partial charge in [0.15, 0.2) is 0 Å². The van der Waals surface area contributed by atoms with Crippen molar-refractivity contribution in [2.75, 3.05) is 13.2 Å². The number of aliphatic hydroxyl groups is 1. The Kier molecular flexibility index (Phi) is 7.46. The summed E-state index contributed by atoms with van der Waals surface area (Å²) < 4.78 is 4.87. The highest BCUT2D eigenvalue weighted by Gasteiger charge is 2.30. The van der Waals surface area contributed by atoms with Crippen LogP contribution in [-0.4, -0.2) is 36.5 Å². The van der Waals surface area contributed by atoms with Crippen molar-refractivity contribution in [2.24, 2.45) is 17.6 Å². The van der Waals surface area contributed by atoms with E-state index in [9.17, 15) is 4.79 Å². The van der Waals surface area contributed by atoms with Gasteiger partial charge in [-0.05, 0) is 37.5 Å². The molecule has 3 aliphatic rings. The fraction of sp³-hybridized carbons (Fsp3) is 0.941. The fourth-order valence-corrected chi connectivity index (χ4v) is 3.90. The molecule has 3 fully saturated rings. The van der Waals surface area contributed by atoms with Crippen molar-refractivity contribution in [2.45, 2.75) is 76.3 Å². The first-order valence-electron chi connectivity index (χ1n) is 9.00. The Morgan fingerprint density at radius 2 is 1.68 bits per heavy atom. The number of carbonyl (C=O) groups is 1. The Bertz CT molecular complexity index is 326. The molecular weight excluding hydrogens is 280 g/mol. The van der Waals surface area contributed by atoms with Crippen LogP contribution in [-0.2, 0) is 4.74 Å². The van der Waals surface area contributed by atoms with Crippen LogP contribution in [0.25, 0.3) is 0 Å². The Labute approximate surface area is 134 Å². The molecule has 0 radical (unpaired) electrons. The topological polar surface area (TPSA) is 84.6 Å². The molecule has 0 bridgehead atoms. The molecular formula is C17H32N2O3. The number of nitrogens with two attached hydrogens (primary N) is 1. The van der Waals surface area contributed by atoms with Crippen LogP contribution in [0, 0.1) is 11.8 Å². The van der Waals surface area contributed by atoms with Gasteiger partial charge < -0.3 is 20.9 Å². The van der Waals surface area contributed by atoms with Gasteiger partial charge in [0.05, 0.1) is 12.6 Å². The van der Waals surface area contributed by atoms with E-state index in [-0.39, 0.29) is 18.7 Å². The third-order valence-electron chi connectivity index (χ3n) is 5.38. The summed E-state index contributed by atoms with van der Waals surface area (Å²) in [5.74, 6) is 1.27. The van der Waals surface area contributed by atoms with Gasteiger partial charge in [0, 0.05) is 6.04 Å². The summed E-state index contributed by atoms with van der Waals surface area (Å²) in [7, 11) is 0. The maximum absolute atomic E-state index is 10.8. The first-order valence-corrected chi connectivity index (χ1v) is 9.00. The Morgan fingerprint density at radius 3 is 2.18 bits per heavy atom. The average molecular weight is 312 g/mol. The highest BCUT2D eigenvalue weighted by molar-refractivity contribution is 5.69. The molecule has 4 N–H and O–H groups in total. The molecule has 1 aliphatic heterocycles. The molecule has 1 saturated heterocycles. The summed E-state index contributed by atoms with van der Waals surface area (Å²) in [5, 5.41) is 11.6. The molecule has 0 spiro atoms. The van der Waals surface area contributed by atoms with Crippen LogP contribution < -0.4 is 11.1 Å². The van der Waals surface area contributed by atoms with Crippen molar-refractivity contribution in [1.82, 2.24) is 5.32 Å². The number of ether oxygens (including phenoxy) is 1. The maximum Gasteiger partial charge on any atom is 0.407 e. The number of aliphatic hydroxyl groups excluding tert-OH is 1. The molecule has 2 saturated carbocycles. The molecule has 5 nitrogen and oxygen atoms in total. The molecule has 0 aromatic carbocycles. The molecule has 2 atom stereocenters. The second kappa shape index (κ2) is 9.36. The average Bonchev–Trinajstić information content (AvgIpc) is 3.03. The van der Waals surface area contributed by atoms with Gasteiger partial charge in [0.25, 0.3) is 0 Å². The van der Waals surface area contributed by atoms with E-state index < -0.39 is 0 Å². The molecule has 1 heterocycles. The van der Waals surface area contributed by atoms with Gasteiger partial charge >= 0.3 is 6.09 Å². The molecule has 5 heteroatoms. The van der Waals surface area contributed by atoms with Gasteiger partial charge in [0.1, 0.15) is 6.61 Å². The number of hydrogen-bond acceptors (Lipinski definition) is 4. The minimum Gasteiger partial charge on any atom is -0.447 e. The van der Waals surface area contributed by atoms with Gasteiger partial charge in [0.2, 0.25) is 0 Å². The van der Waals surface area contributed by atoms with E-state index in [0.717, 1.165) is 0 Å². The SMILES string of the molecule is NC(CO)C1CCCCC1.O=C1N[C@H](C2CCCCC2)CO1. The van der Waals surface area contributed by atoms with Crippen molar-refractivity contribution < 1.29 is 14.6 Å². The lowest BCUT2D eigenvalue weighted by molar-refractivity contribution is 0.173. The molecule has 128 valence electrons. The molecule has 1 unspecified atom stereocenters. The van der Waals surface area contributed by atoms with Crippen LogP contribution in [0.4, 0.5) is 4.79 Å². The van der Waals surface area contributed by atoms with E-state index in [1.54, 1.807) is 0 Å². The number of cyclic esters (lactones) is 1. The van der Waals surface area contributed by atoms with Crippen molar-refractivity contribution in [3.8, 4) is 0 Å². The highest BCUT2D eigenvalue weighted by Crippen LogP contribution is 2.28. The standard InChI is InChI=1S/C9H15NO2.C8H17NO/c11-9-10-8(6-12-9)7-4-2-1-3-5-7;9-8(6-10)7-4-2-1-3-5-7/h7-8H,1-6H2,(H,10,11);7-8,10H,1-6,9H2/t8-;/m0./s1. The van der Waals surface area contributed by atoms with E-state index in [1.165, 1.54) is 64.2 Å². The van der Waals surface area contributed by atoms with Gasteiger partial charge in [-0.15, -0.1) is 0 Å². The van der Waals surface area contributed by atoms with Crippen LogP contribution in [0.2, 0.25) is 0 Å². The second-order valence-electron chi connectivity index (χ2n) is 6.99. The summed E-state index contributed by atoms with van der Waals surface area (Å²) in [6, 6.07) is 0.345. The third-order valence-corrected chi connectivity index (χ3v) is 5.38. The smallest absolute Gasteiger partial charge is 0.407 e. The van der Waals surface area contributed by atoms with E-state index in [2.05, 4.69) is 5.32 Å². The summed E-state index contributed by atoms with van der Waals surface area (Å²) in [6.07, 6.45) is 12.7. The highest BCUT2D eigenvalue weighted by atomic mass is 16.6. The molecule has 22 heavy (non-hydrogen) atoms. The van der Waals surface area contributed by atoms with Crippen molar-refractivity contribution in [1.29, 1.82) is 0 Å². The monoisotopic (exact) mass is 312 g/mol. The summed E-state index contributed by atoms with van der Waals surface area (Å²) in [4.78, 5) is 10.8. The van der Waals surface area contributed by atoms with Crippen LogP contribution in [0.3, 0.4) is 0 Å². The lowest BCUT2D eigenvalue weighted by atomic mass is 9.84. The number of nitrogens with one attached hydrogen (secondary N) is 1. The van der Waals surface area contributed by atoms with Gasteiger partial charge in [-0.25, -0.2) is 4.79 Å². The largest absolute Gasteiger partial charge is 0.447 e. The van der Waals surface area contributed by atoms with Gasteiger partial charge in [-0.3, -0.25) is 0 Å². The number of amides is 1. The minimum absolute atomic E-state index is 0.0419. The van der Waals surface area contributed by atoms with Crippen LogP contribution >= 0.6 is 0 Å². The summed E-state index contributed by atoms with van der Waals surface area (Å²) >= 11 is 0. The normalized spacial score (nSPS) is 28.3. The van der Waals surface area contributed by atoms with Gasteiger partial charge in [-0.1, -0.05) is 38.5 Å². The number of carbonyl (C=O) groups excluding carboxylic acids is 1. The zero-order valence-electron chi connectivity index (χ0n) is 13.6. The minimum atomic E-state index is -0.231. The predicted molar refractivity (Wildman–Crippen MR) is 86.5 cm³/mol. The summed E-state index contributed by atoms with van der Waals surface area (Å²) in [5.41, 5.74) is 5.70. The molecule has 2 aliphatic carbocycles. The lowest BCUT2D eigenvalue weighted by Gasteiger charge is -2.25. The van der Waals surface area contributed by atoms with Crippen LogP contribution in [0.1, 0.15) is 64.2 Å². The second-order valence-corrected chi connectivity index (χ2v) is 6.99. The van der Waals surface area contributed by atoms with Gasteiger partial charge in [-0.2, -0.15) is 0 Å². The first-order chi connectivity index (χ1) is 10.7. The predicted octanol–water partition coefficient (Wildman–Crippen LogP) is 2.56. The molecule has 0 aromatic heterocycles. The Balaban J connectivity index is 0.000000164. The zero-order chi connectivity index (χ0) is 15.8. The van der Waals surface area contributed by atoms with Crippen molar-refractivity contribution in [3.63, 3.8) is 0 Å².